The highest BCUT2D eigenvalue weighted by molar-refractivity contribution is 5.85. The molecule has 0 bridgehead atoms. The molecule has 1 nitrogen and oxygen atoms in total. The van der Waals surface area contributed by atoms with E-state index >= 15 is 0 Å². The highest BCUT2D eigenvalue weighted by Crippen LogP contribution is 2.32. The van der Waals surface area contributed by atoms with Crippen molar-refractivity contribution >= 4 is 10.9 Å². The molecular formula is C23H21N. The minimum atomic E-state index is 0.383. The molecule has 0 aliphatic rings. The number of hydrogen-bond donors (Lipinski definition) is 0. The number of aromatic nitrogens is 1. The van der Waals surface area contributed by atoms with Crippen LogP contribution >= 0.6 is 0 Å². The Kier molecular flexibility index (Phi) is 3.92. The molecule has 3 aromatic carbocycles. The van der Waals surface area contributed by atoms with E-state index in [1.807, 2.05) is 0 Å². The predicted molar refractivity (Wildman–Crippen MR) is 101 cm³/mol. The highest BCUT2D eigenvalue weighted by Gasteiger charge is 2.15. The Morgan fingerprint density at radius 3 is 2.12 bits per heavy atom. The van der Waals surface area contributed by atoms with Crippen molar-refractivity contribution < 1.29 is 0 Å². The minimum absolute atomic E-state index is 0.383. The first-order valence-corrected chi connectivity index (χ1v) is 8.49. The standard InChI is InChI=1S/C23H21N/c1-18(20-12-6-3-7-13-20)22-17-24(16-19-10-4-2-5-11-19)23-15-9-8-14-21(22)23/h2-15,17-18H,16H2,1H3. The van der Waals surface area contributed by atoms with Crippen molar-refractivity contribution in [3.63, 3.8) is 0 Å². The largest absolute Gasteiger partial charge is 0.343 e. The zero-order chi connectivity index (χ0) is 16.4. The molecule has 1 unspecified atom stereocenters. The fourth-order valence-electron chi connectivity index (χ4n) is 3.45. The number of nitrogens with zero attached hydrogens (tertiary/aromatic N) is 1. The average Bonchev–Trinajstić information content (AvgIpc) is 3.01. The first-order valence-electron chi connectivity index (χ1n) is 8.49. The van der Waals surface area contributed by atoms with Gasteiger partial charge in [0.15, 0.2) is 0 Å². The highest BCUT2D eigenvalue weighted by atomic mass is 15.0. The lowest BCUT2D eigenvalue weighted by atomic mass is 9.93. The van der Waals surface area contributed by atoms with Crippen molar-refractivity contribution in [3.05, 3.63) is 108 Å². The fraction of sp³-hybridized carbons (Fsp3) is 0.130. The normalized spacial score (nSPS) is 12.4. The van der Waals surface area contributed by atoms with Crippen LogP contribution in [0.4, 0.5) is 0 Å². The summed E-state index contributed by atoms with van der Waals surface area (Å²) in [5.41, 5.74) is 5.39. The smallest absolute Gasteiger partial charge is 0.0486 e. The van der Waals surface area contributed by atoms with Crippen molar-refractivity contribution in [1.82, 2.24) is 4.57 Å². The molecule has 0 aliphatic carbocycles. The van der Waals surface area contributed by atoms with Gasteiger partial charge in [0, 0.05) is 29.6 Å². The number of para-hydroxylation sites is 1. The van der Waals surface area contributed by atoms with E-state index < -0.39 is 0 Å². The number of rotatable bonds is 4. The van der Waals surface area contributed by atoms with Crippen LogP contribution in [-0.2, 0) is 6.54 Å². The molecule has 0 aliphatic heterocycles. The topological polar surface area (TPSA) is 4.93 Å². The van der Waals surface area contributed by atoms with Crippen molar-refractivity contribution in [3.8, 4) is 0 Å². The maximum atomic E-state index is 2.37. The summed E-state index contributed by atoms with van der Waals surface area (Å²) in [4.78, 5) is 0. The predicted octanol–water partition coefficient (Wildman–Crippen LogP) is 5.84. The maximum absolute atomic E-state index is 2.37. The summed E-state index contributed by atoms with van der Waals surface area (Å²) in [7, 11) is 0. The second-order valence-corrected chi connectivity index (χ2v) is 6.35. The Hall–Kier alpha value is -2.80. The third kappa shape index (κ3) is 2.74. The Morgan fingerprint density at radius 1 is 0.750 bits per heavy atom. The molecule has 1 heteroatoms. The van der Waals surface area contributed by atoms with Crippen LogP contribution in [0.5, 0.6) is 0 Å². The molecular weight excluding hydrogens is 290 g/mol. The summed E-state index contributed by atoms with van der Waals surface area (Å²) in [6.07, 6.45) is 2.33. The van der Waals surface area contributed by atoms with Gasteiger partial charge < -0.3 is 4.57 Å². The van der Waals surface area contributed by atoms with Gasteiger partial charge in [-0.1, -0.05) is 85.8 Å². The molecule has 0 saturated carbocycles. The summed E-state index contributed by atoms with van der Waals surface area (Å²) in [6, 6.07) is 30.1. The second-order valence-electron chi connectivity index (χ2n) is 6.35. The van der Waals surface area contributed by atoms with Gasteiger partial charge in [-0.3, -0.25) is 0 Å². The van der Waals surface area contributed by atoms with E-state index in [1.165, 1.54) is 27.6 Å². The molecule has 4 aromatic rings. The quantitative estimate of drug-likeness (QED) is 0.446. The van der Waals surface area contributed by atoms with Gasteiger partial charge >= 0.3 is 0 Å². The number of benzene rings is 3. The van der Waals surface area contributed by atoms with Crippen molar-refractivity contribution in [2.75, 3.05) is 0 Å². The Morgan fingerprint density at radius 2 is 1.38 bits per heavy atom. The van der Waals surface area contributed by atoms with Crippen LogP contribution in [0.1, 0.15) is 29.5 Å². The van der Waals surface area contributed by atoms with E-state index in [0.29, 0.717) is 5.92 Å². The Labute approximate surface area is 143 Å². The molecule has 1 atom stereocenters. The molecule has 24 heavy (non-hydrogen) atoms. The second kappa shape index (κ2) is 6.37. The van der Waals surface area contributed by atoms with Crippen LogP contribution in [-0.4, -0.2) is 4.57 Å². The summed E-state index contributed by atoms with van der Waals surface area (Å²) in [6.45, 7) is 3.20. The molecule has 0 spiro atoms. The van der Waals surface area contributed by atoms with Crippen LogP contribution in [0.2, 0.25) is 0 Å². The summed E-state index contributed by atoms with van der Waals surface area (Å²) in [5.74, 6) is 0.383. The molecule has 0 amide bonds. The lowest BCUT2D eigenvalue weighted by molar-refractivity contribution is 0.820. The van der Waals surface area contributed by atoms with Gasteiger partial charge in [-0.15, -0.1) is 0 Å². The molecule has 118 valence electrons. The summed E-state index contributed by atoms with van der Waals surface area (Å²) >= 11 is 0. The minimum Gasteiger partial charge on any atom is -0.343 e. The van der Waals surface area contributed by atoms with Gasteiger partial charge in [-0.2, -0.15) is 0 Å². The molecule has 0 saturated heterocycles. The van der Waals surface area contributed by atoms with Crippen LogP contribution in [0.3, 0.4) is 0 Å². The van der Waals surface area contributed by atoms with Gasteiger partial charge in [0.1, 0.15) is 0 Å². The third-order valence-corrected chi connectivity index (χ3v) is 4.78. The van der Waals surface area contributed by atoms with Gasteiger partial charge in [-0.25, -0.2) is 0 Å². The molecule has 0 fully saturated rings. The van der Waals surface area contributed by atoms with Crippen LogP contribution in [0.15, 0.2) is 91.1 Å². The van der Waals surface area contributed by atoms with E-state index in [9.17, 15) is 0 Å². The van der Waals surface area contributed by atoms with Crippen LogP contribution < -0.4 is 0 Å². The first-order chi connectivity index (χ1) is 11.8. The van der Waals surface area contributed by atoms with Gasteiger partial charge in [0.05, 0.1) is 0 Å². The number of fused-ring (bicyclic) bond motifs is 1. The zero-order valence-corrected chi connectivity index (χ0v) is 13.9. The Bertz CT molecular complexity index is 936. The SMILES string of the molecule is CC(c1ccccc1)c1cn(Cc2ccccc2)c2ccccc12. The zero-order valence-electron chi connectivity index (χ0n) is 13.9. The molecule has 1 aromatic heterocycles. The van der Waals surface area contributed by atoms with Gasteiger partial charge in [0.25, 0.3) is 0 Å². The van der Waals surface area contributed by atoms with Crippen molar-refractivity contribution in [1.29, 1.82) is 0 Å². The first kappa shape index (κ1) is 14.8. The van der Waals surface area contributed by atoms with Crippen molar-refractivity contribution in [2.45, 2.75) is 19.4 Å². The van der Waals surface area contributed by atoms with E-state index in [-0.39, 0.29) is 0 Å². The Balaban J connectivity index is 1.79. The number of hydrogen-bond acceptors (Lipinski definition) is 0. The van der Waals surface area contributed by atoms with E-state index in [4.69, 9.17) is 0 Å². The van der Waals surface area contributed by atoms with E-state index in [2.05, 4.69) is 103 Å². The lowest BCUT2D eigenvalue weighted by Crippen LogP contribution is -1.98. The van der Waals surface area contributed by atoms with Gasteiger partial charge in [-0.05, 0) is 22.8 Å². The lowest BCUT2D eigenvalue weighted by Gasteiger charge is -2.11. The molecule has 1 heterocycles. The fourth-order valence-corrected chi connectivity index (χ4v) is 3.45. The maximum Gasteiger partial charge on any atom is 0.0486 e. The average molecular weight is 311 g/mol. The van der Waals surface area contributed by atoms with E-state index in [1.54, 1.807) is 0 Å². The molecule has 0 N–H and O–H groups in total. The van der Waals surface area contributed by atoms with E-state index in [0.717, 1.165) is 6.54 Å². The van der Waals surface area contributed by atoms with Gasteiger partial charge in [0.2, 0.25) is 0 Å². The molecule has 0 radical (unpaired) electrons. The van der Waals surface area contributed by atoms with Crippen LogP contribution in [0.25, 0.3) is 10.9 Å². The monoisotopic (exact) mass is 311 g/mol. The molecule has 4 rings (SSSR count). The summed E-state index contributed by atoms with van der Waals surface area (Å²) < 4.78 is 2.37. The van der Waals surface area contributed by atoms with Crippen LogP contribution in [0, 0.1) is 0 Å². The summed E-state index contributed by atoms with van der Waals surface area (Å²) in [5, 5.41) is 1.35. The van der Waals surface area contributed by atoms with Crippen molar-refractivity contribution in [2.24, 2.45) is 0 Å². The third-order valence-electron chi connectivity index (χ3n) is 4.78.